The highest BCUT2D eigenvalue weighted by Crippen LogP contribution is 2.37. The van der Waals surface area contributed by atoms with E-state index in [4.69, 9.17) is 21.1 Å². The van der Waals surface area contributed by atoms with Gasteiger partial charge in [0, 0.05) is 11.9 Å². The minimum Gasteiger partial charge on any atom is -0.469 e. The summed E-state index contributed by atoms with van der Waals surface area (Å²) in [5.74, 6) is -0.822. The van der Waals surface area contributed by atoms with Gasteiger partial charge < -0.3 is 9.47 Å². The van der Waals surface area contributed by atoms with Gasteiger partial charge in [-0.3, -0.25) is 9.59 Å². The van der Waals surface area contributed by atoms with Crippen LogP contribution in [0.5, 0.6) is 0 Å². The largest absolute Gasteiger partial charge is 0.469 e. The van der Waals surface area contributed by atoms with Crippen LogP contribution >= 0.6 is 11.6 Å². The topological polar surface area (TPSA) is 52.6 Å². The third-order valence-corrected chi connectivity index (χ3v) is 5.99. The molecule has 4 nitrogen and oxygen atoms in total. The molecule has 0 aliphatic heterocycles. The molecular formula is C28H31ClO4. The van der Waals surface area contributed by atoms with Gasteiger partial charge in [-0.15, -0.1) is 0 Å². The van der Waals surface area contributed by atoms with Gasteiger partial charge in [-0.05, 0) is 89.9 Å². The van der Waals surface area contributed by atoms with E-state index in [0.717, 1.165) is 27.8 Å². The molecule has 0 amide bonds. The minimum absolute atomic E-state index is 0.00783. The van der Waals surface area contributed by atoms with Crippen molar-refractivity contribution in [2.75, 3.05) is 13.7 Å². The molecule has 0 spiro atoms. The molecule has 33 heavy (non-hydrogen) atoms. The van der Waals surface area contributed by atoms with Gasteiger partial charge in [-0.2, -0.15) is 0 Å². The van der Waals surface area contributed by atoms with Crippen LogP contribution in [0.15, 0.2) is 65.8 Å². The Balaban J connectivity index is 2.80. The Kier molecular flexibility index (Phi) is 9.24. The number of carbonyl (C=O) groups excluding carboxylic acids is 2. The summed E-state index contributed by atoms with van der Waals surface area (Å²) in [4.78, 5) is 23.8. The maximum atomic E-state index is 12.4. The Morgan fingerprint density at radius 1 is 0.939 bits per heavy atom. The van der Waals surface area contributed by atoms with Crippen molar-refractivity contribution < 1.29 is 19.1 Å². The lowest BCUT2D eigenvalue weighted by molar-refractivity contribution is -0.140. The minimum atomic E-state index is -0.416. The molecule has 2 aromatic carbocycles. The van der Waals surface area contributed by atoms with Crippen LogP contribution in [0.4, 0.5) is 0 Å². The molecule has 0 atom stereocenters. The van der Waals surface area contributed by atoms with Gasteiger partial charge in [0.1, 0.15) is 6.61 Å². The second-order valence-corrected chi connectivity index (χ2v) is 8.48. The van der Waals surface area contributed by atoms with E-state index in [0.29, 0.717) is 16.2 Å². The lowest BCUT2D eigenvalue weighted by atomic mass is 9.85. The molecule has 0 aliphatic carbocycles. The second-order valence-electron chi connectivity index (χ2n) is 8.05. The van der Waals surface area contributed by atoms with Crippen molar-refractivity contribution in [1.29, 1.82) is 0 Å². The van der Waals surface area contributed by atoms with Crippen LogP contribution in [0, 0.1) is 13.8 Å². The fourth-order valence-electron chi connectivity index (χ4n) is 3.49. The maximum absolute atomic E-state index is 12.4. The SMILES string of the molecule is C=C(COC(C)=O)/C(CC(=O)OC)=C(\C(C)=C(/C)c1ccc(C)c(C)c1)c1ccc(Cl)cc1. The third-order valence-electron chi connectivity index (χ3n) is 5.74. The number of hydrogen-bond donors (Lipinski definition) is 0. The van der Waals surface area contributed by atoms with Crippen LogP contribution in [0.25, 0.3) is 11.1 Å². The molecular weight excluding hydrogens is 436 g/mol. The van der Waals surface area contributed by atoms with Crippen molar-refractivity contribution in [3.05, 3.63) is 93.0 Å². The second kappa shape index (κ2) is 11.7. The number of esters is 2. The first-order valence-corrected chi connectivity index (χ1v) is 11.1. The van der Waals surface area contributed by atoms with E-state index in [2.05, 4.69) is 45.5 Å². The summed E-state index contributed by atoms with van der Waals surface area (Å²) in [6, 6.07) is 13.8. The summed E-state index contributed by atoms with van der Waals surface area (Å²) in [5.41, 5.74) is 8.45. The predicted octanol–water partition coefficient (Wildman–Crippen LogP) is 6.89. The third kappa shape index (κ3) is 6.93. The molecule has 0 saturated carbocycles. The first-order chi connectivity index (χ1) is 15.5. The van der Waals surface area contributed by atoms with Crippen molar-refractivity contribution in [2.45, 2.75) is 41.0 Å². The molecule has 2 rings (SSSR count). The monoisotopic (exact) mass is 466 g/mol. The van der Waals surface area contributed by atoms with Gasteiger partial charge in [-0.25, -0.2) is 0 Å². The zero-order valence-electron chi connectivity index (χ0n) is 20.2. The summed E-state index contributed by atoms with van der Waals surface area (Å²) in [6.07, 6.45) is -0.00783. The van der Waals surface area contributed by atoms with Crippen molar-refractivity contribution in [3.63, 3.8) is 0 Å². The van der Waals surface area contributed by atoms with E-state index in [-0.39, 0.29) is 13.0 Å². The molecule has 0 fully saturated rings. The van der Waals surface area contributed by atoms with Crippen LogP contribution < -0.4 is 0 Å². The van der Waals surface area contributed by atoms with Gasteiger partial charge in [-0.1, -0.05) is 48.5 Å². The van der Waals surface area contributed by atoms with Crippen molar-refractivity contribution in [1.82, 2.24) is 0 Å². The lowest BCUT2D eigenvalue weighted by Gasteiger charge is -2.21. The molecule has 0 heterocycles. The molecule has 5 heteroatoms. The normalized spacial score (nSPS) is 12.5. The Labute approximate surface area is 201 Å². The molecule has 0 bridgehead atoms. The number of halogens is 1. The van der Waals surface area contributed by atoms with Crippen molar-refractivity contribution >= 4 is 34.7 Å². The van der Waals surface area contributed by atoms with Gasteiger partial charge in [0.15, 0.2) is 0 Å². The van der Waals surface area contributed by atoms with Gasteiger partial charge in [0.2, 0.25) is 0 Å². The smallest absolute Gasteiger partial charge is 0.310 e. The molecule has 0 saturated heterocycles. The Hall–Kier alpha value is -3.11. The number of allylic oxidation sites excluding steroid dienone is 3. The van der Waals surface area contributed by atoms with Crippen LogP contribution in [0.1, 0.15) is 49.4 Å². The highest BCUT2D eigenvalue weighted by molar-refractivity contribution is 6.30. The van der Waals surface area contributed by atoms with Gasteiger partial charge >= 0.3 is 11.9 Å². The number of hydrogen-bond acceptors (Lipinski definition) is 4. The summed E-state index contributed by atoms with van der Waals surface area (Å²) in [6.45, 7) is 13.7. The molecule has 0 unspecified atom stereocenters. The number of methoxy groups -OCH3 is 1. The van der Waals surface area contributed by atoms with E-state index in [9.17, 15) is 9.59 Å². The number of ether oxygens (including phenoxy) is 2. The number of rotatable bonds is 8. The quantitative estimate of drug-likeness (QED) is 0.314. The zero-order valence-corrected chi connectivity index (χ0v) is 20.9. The Morgan fingerprint density at radius 3 is 2.09 bits per heavy atom. The molecule has 0 radical (unpaired) electrons. The lowest BCUT2D eigenvalue weighted by Crippen LogP contribution is -2.11. The first kappa shape index (κ1) is 26.1. The summed E-state index contributed by atoms with van der Waals surface area (Å²) < 4.78 is 10.2. The van der Waals surface area contributed by atoms with Crippen LogP contribution in [-0.4, -0.2) is 25.7 Å². The fraction of sp³-hybridized carbons (Fsp3) is 0.286. The van der Waals surface area contributed by atoms with Gasteiger partial charge in [0.05, 0.1) is 13.5 Å². The zero-order chi connectivity index (χ0) is 24.7. The van der Waals surface area contributed by atoms with E-state index in [1.807, 2.05) is 19.1 Å². The first-order valence-electron chi connectivity index (χ1n) is 10.7. The molecule has 2 aromatic rings. The summed E-state index contributed by atoms with van der Waals surface area (Å²) >= 11 is 6.14. The maximum Gasteiger partial charge on any atom is 0.310 e. The average molecular weight is 467 g/mol. The highest BCUT2D eigenvalue weighted by atomic mass is 35.5. The van der Waals surface area contributed by atoms with Crippen LogP contribution in [-0.2, 0) is 19.1 Å². The Bertz CT molecular complexity index is 1120. The number of benzene rings is 2. The van der Waals surface area contributed by atoms with E-state index < -0.39 is 11.9 Å². The summed E-state index contributed by atoms with van der Waals surface area (Å²) in [7, 11) is 1.35. The van der Waals surface area contributed by atoms with Crippen molar-refractivity contribution in [2.24, 2.45) is 0 Å². The average Bonchev–Trinajstić information content (AvgIpc) is 2.79. The van der Waals surface area contributed by atoms with Gasteiger partial charge in [0.25, 0.3) is 0 Å². The Morgan fingerprint density at radius 2 is 1.55 bits per heavy atom. The molecule has 0 aliphatic rings. The number of carbonyl (C=O) groups is 2. The highest BCUT2D eigenvalue weighted by Gasteiger charge is 2.20. The van der Waals surface area contributed by atoms with E-state index in [1.165, 1.54) is 25.2 Å². The standard InChI is InChI=1S/C28H31ClO4/c1-17-8-9-24(14-18(17)2)20(4)21(5)28(23-10-12-25(29)13-11-23)26(15-27(31)32-7)19(3)16-33-22(6)30/h8-14H,3,15-16H2,1-2,4-7H3/b21-20+,28-26+. The van der Waals surface area contributed by atoms with E-state index >= 15 is 0 Å². The predicted molar refractivity (Wildman–Crippen MR) is 135 cm³/mol. The molecule has 0 N–H and O–H groups in total. The number of aryl methyl sites for hydroxylation is 2. The summed E-state index contributed by atoms with van der Waals surface area (Å²) in [5, 5.41) is 0.610. The van der Waals surface area contributed by atoms with Crippen molar-refractivity contribution in [3.8, 4) is 0 Å². The van der Waals surface area contributed by atoms with E-state index in [1.54, 1.807) is 12.1 Å². The molecule has 0 aromatic heterocycles. The van der Waals surface area contributed by atoms with Crippen LogP contribution in [0.2, 0.25) is 5.02 Å². The molecule has 174 valence electrons. The fourth-order valence-corrected chi connectivity index (χ4v) is 3.62. The van der Waals surface area contributed by atoms with Crippen LogP contribution in [0.3, 0.4) is 0 Å².